The van der Waals surface area contributed by atoms with Gasteiger partial charge in [0.05, 0.1) is 10.0 Å². The highest BCUT2D eigenvalue weighted by Crippen LogP contribution is 2.22. The summed E-state index contributed by atoms with van der Waals surface area (Å²) in [5, 5.41) is 5.24. The molecule has 1 aromatic carbocycles. The number of carbonyl (C=O) groups excluding carboxylic acids is 3. The Morgan fingerprint density at radius 3 is 2.52 bits per heavy atom. The summed E-state index contributed by atoms with van der Waals surface area (Å²) in [6.45, 7) is 0.665. The van der Waals surface area contributed by atoms with Crippen LogP contribution in [-0.2, 0) is 19.1 Å². The first kappa shape index (κ1) is 20.4. The molecule has 2 rings (SSSR count). The molecule has 0 unspecified atom stereocenters. The number of benzene rings is 1. The predicted molar refractivity (Wildman–Crippen MR) is 102 cm³/mol. The number of aromatic nitrogens is 1. The van der Waals surface area contributed by atoms with Crippen molar-refractivity contribution < 1.29 is 19.1 Å². The molecule has 140 valence electrons. The zero-order valence-electron chi connectivity index (χ0n) is 14.2. The van der Waals surface area contributed by atoms with E-state index < -0.39 is 24.4 Å². The fourth-order valence-corrected chi connectivity index (χ4v) is 2.36. The molecule has 0 aliphatic heterocycles. The normalized spacial score (nSPS) is 10.9. The first-order valence-electron chi connectivity index (χ1n) is 7.67. The molecule has 0 atom stereocenters. The molecule has 0 spiro atoms. The van der Waals surface area contributed by atoms with E-state index in [1.807, 2.05) is 6.07 Å². The van der Waals surface area contributed by atoms with Crippen LogP contribution in [0.5, 0.6) is 0 Å². The monoisotopic (exact) mass is 407 g/mol. The van der Waals surface area contributed by atoms with Crippen LogP contribution in [0.25, 0.3) is 6.08 Å². The molecular weight excluding hydrogens is 393 g/mol. The van der Waals surface area contributed by atoms with Gasteiger partial charge in [0.15, 0.2) is 12.4 Å². The standard InChI is InChI=1S/C18H15Cl2N3O4/c1-11(24)22-15(7-12-5-3-2-4-6-12)18(26)27-10-16(25)23-17-14(20)8-13(19)9-21-17/h2-9H,10H2,1H3,(H,22,24)(H,21,23,25)/b15-7-. The number of hydrogen-bond acceptors (Lipinski definition) is 5. The molecule has 0 saturated carbocycles. The van der Waals surface area contributed by atoms with E-state index in [0.717, 1.165) is 0 Å². The third-order valence-corrected chi connectivity index (χ3v) is 3.54. The summed E-state index contributed by atoms with van der Waals surface area (Å²) in [7, 11) is 0. The number of ether oxygens (including phenoxy) is 1. The molecule has 27 heavy (non-hydrogen) atoms. The molecule has 0 saturated heterocycles. The van der Waals surface area contributed by atoms with Crippen molar-refractivity contribution in [1.29, 1.82) is 0 Å². The van der Waals surface area contributed by atoms with Gasteiger partial charge in [0, 0.05) is 13.1 Å². The van der Waals surface area contributed by atoms with Gasteiger partial charge in [-0.3, -0.25) is 9.59 Å². The number of carbonyl (C=O) groups is 3. The van der Waals surface area contributed by atoms with Gasteiger partial charge >= 0.3 is 5.97 Å². The van der Waals surface area contributed by atoms with E-state index in [0.29, 0.717) is 10.6 Å². The van der Waals surface area contributed by atoms with Crippen molar-refractivity contribution in [3.63, 3.8) is 0 Å². The molecule has 0 bridgehead atoms. The van der Waals surface area contributed by atoms with E-state index >= 15 is 0 Å². The van der Waals surface area contributed by atoms with Crippen LogP contribution in [0.15, 0.2) is 48.3 Å². The highest BCUT2D eigenvalue weighted by Gasteiger charge is 2.16. The number of amides is 2. The van der Waals surface area contributed by atoms with Crippen molar-refractivity contribution in [3.8, 4) is 0 Å². The Kier molecular flexibility index (Phi) is 7.34. The van der Waals surface area contributed by atoms with Gasteiger partial charge < -0.3 is 15.4 Å². The number of halogens is 2. The Balaban J connectivity index is 2.01. The topological polar surface area (TPSA) is 97.4 Å². The molecule has 1 heterocycles. The molecule has 0 radical (unpaired) electrons. The third kappa shape index (κ3) is 6.73. The number of rotatable bonds is 6. The third-order valence-electron chi connectivity index (χ3n) is 3.04. The number of pyridine rings is 1. The Morgan fingerprint density at radius 1 is 1.19 bits per heavy atom. The molecule has 2 aromatic rings. The van der Waals surface area contributed by atoms with Crippen molar-refractivity contribution in [2.24, 2.45) is 0 Å². The van der Waals surface area contributed by atoms with Gasteiger partial charge in [-0.25, -0.2) is 9.78 Å². The van der Waals surface area contributed by atoms with Gasteiger partial charge in [-0.2, -0.15) is 0 Å². The molecule has 2 N–H and O–H groups in total. The number of nitrogens with one attached hydrogen (secondary N) is 2. The second-order valence-electron chi connectivity index (χ2n) is 5.26. The minimum atomic E-state index is -0.862. The fraction of sp³-hybridized carbons (Fsp3) is 0.111. The van der Waals surface area contributed by atoms with E-state index in [1.165, 1.54) is 25.3 Å². The smallest absolute Gasteiger partial charge is 0.355 e. The number of anilines is 1. The van der Waals surface area contributed by atoms with Crippen molar-refractivity contribution in [3.05, 3.63) is 63.9 Å². The summed E-state index contributed by atoms with van der Waals surface area (Å²) < 4.78 is 4.94. The fourth-order valence-electron chi connectivity index (χ4n) is 1.94. The predicted octanol–water partition coefficient (Wildman–Crippen LogP) is 3.05. The minimum Gasteiger partial charge on any atom is -0.451 e. The number of esters is 1. The average Bonchev–Trinajstić information content (AvgIpc) is 2.62. The van der Waals surface area contributed by atoms with Gasteiger partial charge in [-0.1, -0.05) is 53.5 Å². The van der Waals surface area contributed by atoms with Crippen molar-refractivity contribution >= 4 is 52.9 Å². The van der Waals surface area contributed by atoms with Crippen LogP contribution >= 0.6 is 23.2 Å². The van der Waals surface area contributed by atoms with Crippen LogP contribution < -0.4 is 10.6 Å². The maximum absolute atomic E-state index is 12.2. The average molecular weight is 408 g/mol. The second kappa shape index (κ2) is 9.70. The molecule has 7 nitrogen and oxygen atoms in total. The van der Waals surface area contributed by atoms with Gasteiger partial charge in [-0.05, 0) is 17.7 Å². The van der Waals surface area contributed by atoms with Gasteiger partial charge in [0.25, 0.3) is 5.91 Å². The maximum Gasteiger partial charge on any atom is 0.355 e. The van der Waals surface area contributed by atoms with Gasteiger partial charge in [0.1, 0.15) is 5.70 Å². The Labute approximate surface area is 165 Å². The quantitative estimate of drug-likeness (QED) is 0.566. The van der Waals surface area contributed by atoms with E-state index in [-0.39, 0.29) is 16.5 Å². The lowest BCUT2D eigenvalue weighted by molar-refractivity contribution is -0.144. The summed E-state index contributed by atoms with van der Waals surface area (Å²) >= 11 is 11.6. The van der Waals surface area contributed by atoms with Gasteiger partial charge in [-0.15, -0.1) is 0 Å². The summed E-state index contributed by atoms with van der Waals surface area (Å²) in [4.78, 5) is 39.3. The van der Waals surface area contributed by atoms with Crippen LogP contribution in [-0.4, -0.2) is 29.4 Å². The van der Waals surface area contributed by atoms with Crippen LogP contribution in [0.2, 0.25) is 10.0 Å². The van der Waals surface area contributed by atoms with Crippen molar-refractivity contribution in [2.45, 2.75) is 6.92 Å². The molecular formula is C18H15Cl2N3O4. The van der Waals surface area contributed by atoms with E-state index in [4.69, 9.17) is 27.9 Å². The Bertz CT molecular complexity index is 885. The van der Waals surface area contributed by atoms with Crippen molar-refractivity contribution in [2.75, 3.05) is 11.9 Å². The highest BCUT2D eigenvalue weighted by molar-refractivity contribution is 6.36. The van der Waals surface area contributed by atoms with Crippen LogP contribution in [0.3, 0.4) is 0 Å². The lowest BCUT2D eigenvalue weighted by atomic mass is 10.2. The van der Waals surface area contributed by atoms with Gasteiger partial charge in [0.2, 0.25) is 5.91 Å². The van der Waals surface area contributed by atoms with Crippen LogP contribution in [0, 0.1) is 0 Å². The highest BCUT2D eigenvalue weighted by atomic mass is 35.5. The molecule has 0 aliphatic carbocycles. The lowest BCUT2D eigenvalue weighted by Crippen LogP contribution is -2.29. The van der Waals surface area contributed by atoms with E-state index in [1.54, 1.807) is 24.3 Å². The first-order valence-corrected chi connectivity index (χ1v) is 8.43. The van der Waals surface area contributed by atoms with Crippen LogP contribution in [0.4, 0.5) is 5.82 Å². The Morgan fingerprint density at radius 2 is 1.89 bits per heavy atom. The number of nitrogens with zero attached hydrogens (tertiary/aromatic N) is 1. The molecule has 9 heteroatoms. The lowest BCUT2D eigenvalue weighted by Gasteiger charge is -2.10. The Hall–Kier alpha value is -2.90. The number of hydrogen-bond donors (Lipinski definition) is 2. The van der Waals surface area contributed by atoms with Crippen LogP contribution in [0.1, 0.15) is 12.5 Å². The summed E-state index contributed by atoms with van der Waals surface area (Å²) in [5.41, 5.74) is 0.587. The molecule has 2 amide bonds. The minimum absolute atomic E-state index is 0.0871. The zero-order valence-corrected chi connectivity index (χ0v) is 15.7. The van der Waals surface area contributed by atoms with E-state index in [9.17, 15) is 14.4 Å². The zero-order chi connectivity index (χ0) is 19.8. The largest absolute Gasteiger partial charge is 0.451 e. The molecule has 0 aliphatic rings. The second-order valence-corrected chi connectivity index (χ2v) is 6.10. The maximum atomic E-state index is 12.2. The SMILES string of the molecule is CC(=O)N/C(=C\c1ccccc1)C(=O)OCC(=O)Nc1ncc(Cl)cc1Cl. The summed E-state index contributed by atoms with van der Waals surface area (Å²) in [6, 6.07) is 10.3. The summed E-state index contributed by atoms with van der Waals surface area (Å²) in [5.74, 6) is -1.87. The molecule has 0 fully saturated rings. The summed E-state index contributed by atoms with van der Waals surface area (Å²) in [6.07, 6.45) is 2.76. The first-order chi connectivity index (χ1) is 12.8. The van der Waals surface area contributed by atoms with Crippen molar-refractivity contribution in [1.82, 2.24) is 10.3 Å². The van der Waals surface area contributed by atoms with E-state index in [2.05, 4.69) is 15.6 Å². The molecule has 1 aromatic heterocycles.